The van der Waals surface area contributed by atoms with Gasteiger partial charge in [0.2, 0.25) is 0 Å². The van der Waals surface area contributed by atoms with E-state index in [1.807, 2.05) is 19.1 Å². The second-order valence-electron chi connectivity index (χ2n) is 6.54. The summed E-state index contributed by atoms with van der Waals surface area (Å²) in [6.45, 7) is 1.93. The van der Waals surface area contributed by atoms with Gasteiger partial charge in [0.25, 0.3) is 0 Å². The fraction of sp³-hybridized carbons (Fsp3) is 0.588. The van der Waals surface area contributed by atoms with Crippen molar-refractivity contribution < 1.29 is 17.9 Å². The molecule has 0 aliphatic carbocycles. The van der Waals surface area contributed by atoms with Crippen LogP contribution in [-0.4, -0.2) is 31.8 Å². The first-order valence-corrected chi connectivity index (χ1v) is 9.45. The Kier molecular flexibility index (Phi) is 4.02. The topological polar surface area (TPSA) is 60.4 Å². The SMILES string of the molecule is COc1cc(C)cc(C(=O)C2CC3CCCC(C2)S3(=O)=O)c1. The largest absolute Gasteiger partial charge is 0.497 e. The maximum Gasteiger partial charge on any atom is 0.166 e. The summed E-state index contributed by atoms with van der Waals surface area (Å²) in [5.41, 5.74) is 1.62. The molecule has 2 saturated heterocycles. The van der Waals surface area contributed by atoms with E-state index in [4.69, 9.17) is 4.74 Å². The van der Waals surface area contributed by atoms with Gasteiger partial charge in [-0.2, -0.15) is 0 Å². The molecule has 0 amide bonds. The lowest BCUT2D eigenvalue weighted by molar-refractivity contribution is 0.0893. The number of benzene rings is 1. The molecule has 1 aromatic carbocycles. The van der Waals surface area contributed by atoms with Crippen LogP contribution in [0.4, 0.5) is 0 Å². The normalized spacial score (nSPS) is 29.8. The first-order valence-electron chi connectivity index (χ1n) is 7.84. The van der Waals surface area contributed by atoms with Crippen molar-refractivity contribution in [2.75, 3.05) is 7.11 Å². The predicted molar refractivity (Wildman–Crippen MR) is 85.1 cm³/mol. The Balaban J connectivity index is 1.86. The van der Waals surface area contributed by atoms with Crippen molar-refractivity contribution in [1.82, 2.24) is 0 Å². The summed E-state index contributed by atoms with van der Waals surface area (Å²) in [4.78, 5) is 12.8. The van der Waals surface area contributed by atoms with Crippen LogP contribution in [0, 0.1) is 12.8 Å². The monoisotopic (exact) mass is 322 g/mol. The molecule has 2 aliphatic rings. The Morgan fingerprint density at radius 1 is 1.14 bits per heavy atom. The van der Waals surface area contributed by atoms with E-state index in [0.717, 1.165) is 12.0 Å². The molecule has 0 spiro atoms. The molecule has 0 N–H and O–H groups in total. The van der Waals surface area contributed by atoms with Gasteiger partial charge in [0, 0.05) is 11.5 Å². The number of sulfone groups is 1. The molecule has 2 bridgehead atoms. The number of hydrogen-bond donors (Lipinski definition) is 0. The smallest absolute Gasteiger partial charge is 0.166 e. The molecule has 22 heavy (non-hydrogen) atoms. The molecule has 5 heteroatoms. The van der Waals surface area contributed by atoms with Gasteiger partial charge < -0.3 is 4.74 Å². The molecule has 2 aliphatic heterocycles. The number of hydrogen-bond acceptors (Lipinski definition) is 4. The molecule has 2 heterocycles. The Morgan fingerprint density at radius 2 is 1.77 bits per heavy atom. The maximum atomic E-state index is 12.8. The van der Waals surface area contributed by atoms with E-state index in [0.29, 0.717) is 37.0 Å². The molecule has 4 nitrogen and oxygen atoms in total. The van der Waals surface area contributed by atoms with Gasteiger partial charge in [-0.1, -0.05) is 6.42 Å². The van der Waals surface area contributed by atoms with Crippen LogP contribution in [0.5, 0.6) is 5.75 Å². The average Bonchev–Trinajstić information content (AvgIpc) is 2.44. The maximum absolute atomic E-state index is 12.8. The van der Waals surface area contributed by atoms with Crippen LogP contribution in [-0.2, 0) is 9.84 Å². The molecule has 2 unspecified atom stereocenters. The molecular weight excluding hydrogens is 300 g/mol. The fourth-order valence-electron chi connectivity index (χ4n) is 3.87. The van der Waals surface area contributed by atoms with Crippen molar-refractivity contribution in [3.63, 3.8) is 0 Å². The first kappa shape index (κ1) is 15.5. The number of carbonyl (C=O) groups is 1. The Hall–Kier alpha value is -1.36. The number of ketones is 1. The van der Waals surface area contributed by atoms with Gasteiger partial charge >= 0.3 is 0 Å². The van der Waals surface area contributed by atoms with Crippen LogP contribution in [0.15, 0.2) is 18.2 Å². The summed E-state index contributed by atoms with van der Waals surface area (Å²) in [5, 5.41) is -0.638. The van der Waals surface area contributed by atoms with Crippen molar-refractivity contribution in [3.05, 3.63) is 29.3 Å². The van der Waals surface area contributed by atoms with Gasteiger partial charge in [0.15, 0.2) is 15.6 Å². The molecule has 0 radical (unpaired) electrons. The highest BCUT2D eigenvalue weighted by Crippen LogP contribution is 2.40. The van der Waals surface area contributed by atoms with Crippen LogP contribution < -0.4 is 4.74 Å². The number of carbonyl (C=O) groups excluding carboxylic acids is 1. The third-order valence-corrected chi connectivity index (χ3v) is 7.73. The average molecular weight is 322 g/mol. The van der Waals surface area contributed by atoms with Gasteiger partial charge in [0.05, 0.1) is 17.6 Å². The number of methoxy groups -OCH3 is 1. The molecule has 0 saturated carbocycles. The molecule has 3 rings (SSSR count). The van der Waals surface area contributed by atoms with Crippen LogP contribution >= 0.6 is 0 Å². The summed E-state index contributed by atoms with van der Waals surface area (Å²) in [6, 6.07) is 5.51. The minimum absolute atomic E-state index is 0.0637. The lowest BCUT2D eigenvalue weighted by Crippen LogP contribution is -2.45. The Bertz CT molecular complexity index is 673. The second-order valence-corrected chi connectivity index (χ2v) is 9.05. The van der Waals surface area contributed by atoms with Crippen LogP contribution in [0.25, 0.3) is 0 Å². The van der Waals surface area contributed by atoms with Crippen LogP contribution in [0.1, 0.15) is 48.0 Å². The van der Waals surface area contributed by atoms with E-state index < -0.39 is 9.84 Å². The lowest BCUT2D eigenvalue weighted by atomic mass is 9.84. The van der Waals surface area contributed by atoms with Crippen molar-refractivity contribution in [3.8, 4) is 5.75 Å². The first-order chi connectivity index (χ1) is 10.4. The van der Waals surface area contributed by atoms with E-state index in [2.05, 4.69) is 0 Å². The third-order valence-electron chi connectivity index (χ3n) is 5.02. The zero-order valence-electron chi connectivity index (χ0n) is 13.0. The zero-order valence-corrected chi connectivity index (χ0v) is 13.9. The van der Waals surface area contributed by atoms with Gasteiger partial charge in [-0.15, -0.1) is 0 Å². The molecular formula is C17H22O4S. The number of ether oxygens (including phenoxy) is 1. The minimum atomic E-state index is -3.01. The highest BCUT2D eigenvalue weighted by molar-refractivity contribution is 7.92. The van der Waals surface area contributed by atoms with E-state index >= 15 is 0 Å². The fourth-order valence-corrected chi connectivity index (χ4v) is 6.40. The summed E-state index contributed by atoms with van der Waals surface area (Å²) in [5.74, 6) is 0.561. The van der Waals surface area contributed by atoms with E-state index in [1.54, 1.807) is 13.2 Å². The zero-order chi connectivity index (χ0) is 15.9. The lowest BCUT2D eigenvalue weighted by Gasteiger charge is -2.38. The summed E-state index contributed by atoms with van der Waals surface area (Å²) < 4.78 is 29.9. The number of rotatable bonds is 3. The van der Waals surface area contributed by atoms with E-state index in [1.165, 1.54) is 0 Å². The van der Waals surface area contributed by atoms with Gasteiger partial charge in [-0.05, 0) is 56.4 Å². The van der Waals surface area contributed by atoms with Crippen LogP contribution in [0.3, 0.4) is 0 Å². The molecule has 0 aromatic heterocycles. The highest BCUT2D eigenvalue weighted by atomic mass is 32.2. The number of Topliss-reactive ketones (excluding diaryl/α,β-unsaturated/α-hetero) is 1. The van der Waals surface area contributed by atoms with Crippen molar-refractivity contribution in [2.45, 2.75) is 49.5 Å². The molecule has 120 valence electrons. The third kappa shape index (κ3) is 2.67. The van der Waals surface area contributed by atoms with E-state index in [9.17, 15) is 13.2 Å². The van der Waals surface area contributed by atoms with Crippen LogP contribution in [0.2, 0.25) is 0 Å². The molecule has 2 atom stereocenters. The Morgan fingerprint density at radius 3 is 2.36 bits per heavy atom. The van der Waals surface area contributed by atoms with Gasteiger partial charge in [-0.3, -0.25) is 4.79 Å². The van der Waals surface area contributed by atoms with Gasteiger partial charge in [0.1, 0.15) is 5.75 Å². The van der Waals surface area contributed by atoms with Gasteiger partial charge in [-0.25, -0.2) is 8.42 Å². The number of aryl methyl sites for hydroxylation is 1. The summed E-state index contributed by atoms with van der Waals surface area (Å²) in [6.07, 6.45) is 3.34. The van der Waals surface area contributed by atoms with Crippen molar-refractivity contribution in [2.24, 2.45) is 5.92 Å². The quantitative estimate of drug-likeness (QED) is 0.803. The standard InChI is InChI=1S/C17H22O4S/c1-11-6-12(8-14(7-11)21-2)17(18)13-9-15-4-3-5-16(10-13)22(15,19)20/h6-8,13,15-16H,3-5,9-10H2,1-2H3. The van der Waals surface area contributed by atoms with Crippen molar-refractivity contribution in [1.29, 1.82) is 0 Å². The Labute approximate surface area is 131 Å². The molecule has 1 aromatic rings. The summed E-state index contributed by atoms with van der Waals surface area (Å²) in [7, 11) is -1.43. The second kappa shape index (κ2) is 5.69. The van der Waals surface area contributed by atoms with Crippen molar-refractivity contribution >= 4 is 15.6 Å². The molecule has 2 fully saturated rings. The predicted octanol–water partition coefficient (Wildman–Crippen LogP) is 2.93. The number of fused-ring (bicyclic) bond motifs is 2. The van der Waals surface area contributed by atoms with E-state index in [-0.39, 0.29) is 22.2 Å². The summed E-state index contributed by atoms with van der Waals surface area (Å²) >= 11 is 0. The highest BCUT2D eigenvalue weighted by Gasteiger charge is 2.46. The minimum Gasteiger partial charge on any atom is -0.497 e.